The van der Waals surface area contributed by atoms with Crippen molar-refractivity contribution in [3.63, 3.8) is 0 Å². The summed E-state index contributed by atoms with van der Waals surface area (Å²) >= 11 is 12.3. The van der Waals surface area contributed by atoms with Crippen molar-refractivity contribution < 1.29 is 29.3 Å². The van der Waals surface area contributed by atoms with Crippen molar-refractivity contribution in [1.82, 2.24) is 9.80 Å². The highest BCUT2D eigenvalue weighted by atomic mass is 35.5. The number of carbonyl (C=O) groups is 2. The van der Waals surface area contributed by atoms with E-state index in [0.29, 0.717) is 38.3 Å². The van der Waals surface area contributed by atoms with Crippen LogP contribution in [0.15, 0.2) is 60.7 Å². The first-order chi connectivity index (χ1) is 19.1. The minimum atomic E-state index is -0.569. The topological polar surface area (TPSA) is 168 Å². The molecule has 244 valence electrons. The molecule has 2 amide bonds. The number of rotatable bonds is 10. The van der Waals surface area contributed by atoms with Crippen LogP contribution in [0.25, 0.3) is 0 Å². The van der Waals surface area contributed by atoms with Gasteiger partial charge in [0.15, 0.2) is 0 Å². The molecule has 0 spiro atoms. The summed E-state index contributed by atoms with van der Waals surface area (Å²) in [7, 11) is 0. The molecule has 9 N–H and O–H groups in total. The fraction of sp³-hybridized carbons (Fsp3) is 0.310. The number of primary amides is 1. The van der Waals surface area contributed by atoms with Crippen LogP contribution in [0.5, 0.6) is 0 Å². The van der Waals surface area contributed by atoms with E-state index in [1.54, 1.807) is 24.3 Å². The monoisotopic (exact) mass is 697 g/mol. The minimum Gasteiger partial charge on any atom is -0.412 e. The SMILES string of the molecule is Cl.Cl.NC(=O)C1CN(CC(=O)Nc2c(Cl)cc(N)cc2Cl)CCN1CCCC(c1ccc(F)cc1)c1ccc(F)cc1.O.O. The van der Waals surface area contributed by atoms with Crippen molar-refractivity contribution in [1.29, 1.82) is 0 Å². The van der Waals surface area contributed by atoms with Crippen LogP contribution in [-0.4, -0.2) is 71.3 Å². The molecule has 0 radical (unpaired) electrons. The Morgan fingerprint density at radius 2 is 1.41 bits per heavy atom. The number of nitrogen functional groups attached to an aromatic ring is 1. The number of halogens is 6. The van der Waals surface area contributed by atoms with Crippen molar-refractivity contribution in [3.8, 4) is 0 Å². The number of nitrogens with one attached hydrogen (secondary N) is 1. The zero-order valence-corrected chi connectivity index (χ0v) is 26.7. The zero-order chi connectivity index (χ0) is 28.8. The second-order valence-electron chi connectivity index (χ2n) is 9.89. The first kappa shape index (κ1) is 41.3. The molecule has 1 unspecified atom stereocenters. The summed E-state index contributed by atoms with van der Waals surface area (Å²) in [5, 5.41) is 3.18. The fourth-order valence-corrected chi connectivity index (χ4v) is 5.67. The Kier molecular flexibility index (Phi) is 17.7. The summed E-state index contributed by atoms with van der Waals surface area (Å²) in [4.78, 5) is 28.9. The summed E-state index contributed by atoms with van der Waals surface area (Å²) in [5.41, 5.74) is 14.0. The summed E-state index contributed by atoms with van der Waals surface area (Å²) in [5.74, 6) is -1.51. The average Bonchev–Trinajstić information content (AvgIpc) is 2.90. The van der Waals surface area contributed by atoms with Gasteiger partial charge in [0.05, 0.1) is 22.3 Å². The molecule has 1 atom stereocenters. The van der Waals surface area contributed by atoms with Gasteiger partial charge in [0.1, 0.15) is 17.7 Å². The lowest BCUT2D eigenvalue weighted by Gasteiger charge is -2.39. The summed E-state index contributed by atoms with van der Waals surface area (Å²) in [6.07, 6.45) is 1.42. The Morgan fingerprint density at radius 3 is 1.89 bits per heavy atom. The molecule has 1 heterocycles. The van der Waals surface area contributed by atoms with Gasteiger partial charge in [-0.05, 0) is 66.9 Å². The lowest BCUT2D eigenvalue weighted by atomic mass is 9.87. The van der Waals surface area contributed by atoms with Gasteiger partial charge in [-0.1, -0.05) is 47.5 Å². The van der Waals surface area contributed by atoms with Crippen LogP contribution in [0, 0.1) is 11.6 Å². The smallest absolute Gasteiger partial charge is 0.238 e. The third kappa shape index (κ3) is 11.0. The van der Waals surface area contributed by atoms with Gasteiger partial charge in [0.25, 0.3) is 0 Å². The zero-order valence-electron chi connectivity index (χ0n) is 23.6. The Morgan fingerprint density at radius 1 is 0.909 bits per heavy atom. The number of nitrogens with two attached hydrogens (primary N) is 2. The van der Waals surface area contributed by atoms with Crippen LogP contribution in [0.4, 0.5) is 20.2 Å². The van der Waals surface area contributed by atoms with Gasteiger partial charge in [0, 0.05) is 31.2 Å². The first-order valence-electron chi connectivity index (χ1n) is 12.9. The van der Waals surface area contributed by atoms with E-state index in [-0.39, 0.29) is 81.5 Å². The van der Waals surface area contributed by atoms with E-state index in [0.717, 1.165) is 17.5 Å². The number of nitrogens with zero attached hydrogens (tertiary/aromatic N) is 2. The number of anilines is 2. The van der Waals surface area contributed by atoms with Gasteiger partial charge in [-0.25, -0.2) is 8.78 Å². The lowest BCUT2D eigenvalue weighted by molar-refractivity contribution is -0.127. The molecule has 0 aliphatic carbocycles. The lowest BCUT2D eigenvalue weighted by Crippen LogP contribution is -2.59. The van der Waals surface area contributed by atoms with Gasteiger partial charge < -0.3 is 27.7 Å². The Hall–Kier alpha value is -2.74. The molecule has 3 aromatic carbocycles. The van der Waals surface area contributed by atoms with Crippen molar-refractivity contribution in [2.75, 3.05) is 43.8 Å². The molecule has 1 saturated heterocycles. The maximum atomic E-state index is 13.5. The maximum absolute atomic E-state index is 13.5. The molecule has 44 heavy (non-hydrogen) atoms. The molecule has 1 fully saturated rings. The van der Waals surface area contributed by atoms with E-state index in [9.17, 15) is 18.4 Å². The maximum Gasteiger partial charge on any atom is 0.238 e. The van der Waals surface area contributed by atoms with Gasteiger partial charge in [-0.15, -0.1) is 24.8 Å². The second kappa shape index (κ2) is 18.9. The first-order valence-corrected chi connectivity index (χ1v) is 13.7. The molecule has 0 bridgehead atoms. The summed E-state index contributed by atoms with van der Waals surface area (Å²) in [6, 6.07) is 15.1. The third-order valence-electron chi connectivity index (χ3n) is 7.08. The number of hydrogen-bond donors (Lipinski definition) is 3. The largest absolute Gasteiger partial charge is 0.412 e. The van der Waals surface area contributed by atoms with Gasteiger partial charge in [-0.2, -0.15) is 0 Å². The molecular formula is C29H37Cl4F2N5O4. The van der Waals surface area contributed by atoms with E-state index in [4.69, 9.17) is 34.7 Å². The van der Waals surface area contributed by atoms with Crippen LogP contribution >= 0.6 is 48.0 Å². The molecule has 0 aromatic heterocycles. The molecule has 1 aliphatic rings. The quantitative estimate of drug-likeness (QED) is 0.271. The molecule has 0 saturated carbocycles. The van der Waals surface area contributed by atoms with Gasteiger partial charge in [0.2, 0.25) is 11.8 Å². The molecular weight excluding hydrogens is 662 g/mol. The highest BCUT2D eigenvalue weighted by Crippen LogP contribution is 2.33. The third-order valence-corrected chi connectivity index (χ3v) is 7.68. The van der Waals surface area contributed by atoms with Gasteiger partial charge >= 0.3 is 0 Å². The van der Waals surface area contributed by atoms with E-state index in [2.05, 4.69) is 5.32 Å². The Labute approximate surface area is 277 Å². The fourth-order valence-electron chi connectivity index (χ4n) is 5.07. The number of hydrogen-bond acceptors (Lipinski definition) is 5. The van der Waals surface area contributed by atoms with Crippen molar-refractivity contribution >= 4 is 71.2 Å². The summed E-state index contributed by atoms with van der Waals surface area (Å²) in [6.45, 7) is 2.03. The molecule has 1 aliphatic heterocycles. The molecule has 9 nitrogen and oxygen atoms in total. The highest BCUT2D eigenvalue weighted by Gasteiger charge is 2.32. The number of amides is 2. The number of carbonyl (C=O) groups excluding carboxylic acids is 2. The highest BCUT2D eigenvalue weighted by molar-refractivity contribution is 6.40. The van der Waals surface area contributed by atoms with Gasteiger partial charge in [-0.3, -0.25) is 19.4 Å². The Bertz CT molecular complexity index is 1290. The summed E-state index contributed by atoms with van der Waals surface area (Å²) < 4.78 is 27.1. The van der Waals surface area contributed by atoms with Crippen LogP contribution < -0.4 is 16.8 Å². The van der Waals surface area contributed by atoms with Crippen molar-refractivity contribution in [3.05, 3.63) is 93.5 Å². The predicted molar refractivity (Wildman–Crippen MR) is 176 cm³/mol. The van der Waals surface area contributed by atoms with E-state index in [1.165, 1.54) is 36.4 Å². The Balaban J connectivity index is 0.00000462. The molecule has 15 heteroatoms. The van der Waals surface area contributed by atoms with E-state index in [1.807, 2.05) is 9.80 Å². The second-order valence-corrected chi connectivity index (χ2v) is 10.7. The van der Waals surface area contributed by atoms with Crippen molar-refractivity contribution in [2.24, 2.45) is 5.73 Å². The molecule has 3 aromatic rings. The average molecular weight is 699 g/mol. The van der Waals surface area contributed by atoms with Crippen LogP contribution in [0.3, 0.4) is 0 Å². The van der Waals surface area contributed by atoms with E-state index >= 15 is 0 Å². The minimum absolute atomic E-state index is 0. The number of piperazine rings is 1. The van der Waals surface area contributed by atoms with Crippen LogP contribution in [-0.2, 0) is 9.59 Å². The van der Waals surface area contributed by atoms with Crippen LogP contribution in [0.2, 0.25) is 10.0 Å². The standard InChI is InChI=1S/C29H31Cl2F2N5O2.2ClH.2H2O/c30-24-14-22(34)15-25(31)28(24)36-27(39)17-37-12-13-38(26(16-37)29(35)40)11-1-2-23(18-3-7-20(32)8-4-18)19-5-9-21(33)10-6-19;;;;/h3-10,14-15,23,26H,1-2,11-13,16-17,34H2,(H2,35,40)(H,36,39);2*1H;2*1H2. The van der Waals surface area contributed by atoms with E-state index < -0.39 is 11.9 Å². The predicted octanol–water partition coefficient (Wildman–Crippen LogP) is 4.07. The van der Waals surface area contributed by atoms with Crippen LogP contribution in [0.1, 0.15) is 29.9 Å². The number of benzene rings is 3. The molecule has 4 rings (SSSR count). The normalized spacial score (nSPS) is 14.8. The van der Waals surface area contributed by atoms with Crippen molar-refractivity contribution in [2.45, 2.75) is 24.8 Å².